The van der Waals surface area contributed by atoms with Crippen molar-refractivity contribution >= 4 is 5.82 Å². The van der Waals surface area contributed by atoms with Gasteiger partial charge in [-0.25, -0.2) is 0 Å². The van der Waals surface area contributed by atoms with Gasteiger partial charge in [0.1, 0.15) is 0 Å². The van der Waals surface area contributed by atoms with Crippen LogP contribution in [0.15, 0.2) is 0 Å². The van der Waals surface area contributed by atoms with Crippen LogP contribution in [0.1, 0.15) is 42.5 Å². The number of likely N-dealkylation sites (N-methyl/N-ethyl adjacent to an activating group) is 1. The zero-order chi connectivity index (χ0) is 14.0. The zero-order valence-electron chi connectivity index (χ0n) is 12.1. The van der Waals surface area contributed by atoms with Gasteiger partial charge >= 0.3 is 0 Å². The van der Waals surface area contributed by atoms with E-state index in [9.17, 15) is 5.11 Å². The molecule has 106 valence electrons. The highest BCUT2D eigenvalue weighted by Crippen LogP contribution is 2.31. The second-order valence-electron chi connectivity index (χ2n) is 5.70. The summed E-state index contributed by atoms with van der Waals surface area (Å²) in [5.41, 5.74) is 8.29. The minimum absolute atomic E-state index is 0.445. The number of nitrogens with zero attached hydrogens (tertiary/aromatic N) is 3. The van der Waals surface area contributed by atoms with Crippen molar-refractivity contribution < 1.29 is 5.11 Å². The summed E-state index contributed by atoms with van der Waals surface area (Å²) in [4.78, 5) is 1.99. The highest BCUT2D eigenvalue weighted by atomic mass is 16.3. The van der Waals surface area contributed by atoms with Crippen LogP contribution in [-0.2, 0) is 6.54 Å². The second kappa shape index (κ2) is 5.43. The van der Waals surface area contributed by atoms with Crippen molar-refractivity contribution in [2.75, 3.05) is 18.5 Å². The van der Waals surface area contributed by atoms with Crippen LogP contribution in [0.3, 0.4) is 0 Å². The van der Waals surface area contributed by atoms with Gasteiger partial charge in [0, 0.05) is 25.7 Å². The number of hydrogen-bond acceptors (Lipinski definition) is 5. The number of hydrogen-bond donors (Lipinski definition) is 2. The minimum Gasteiger partial charge on any atom is -0.388 e. The molecule has 1 aromatic heterocycles. The van der Waals surface area contributed by atoms with E-state index >= 15 is 0 Å². The number of rotatable bonds is 4. The predicted octanol–water partition coefficient (Wildman–Crippen LogP) is 1.29. The average molecular weight is 264 g/mol. The number of nitrogens with two attached hydrogens (primary N) is 1. The van der Waals surface area contributed by atoms with Crippen LogP contribution < -0.4 is 10.6 Å². The highest BCUT2D eigenvalue weighted by Gasteiger charge is 2.33. The largest absolute Gasteiger partial charge is 0.388 e. The summed E-state index contributed by atoms with van der Waals surface area (Å²) >= 11 is 0. The summed E-state index contributed by atoms with van der Waals surface area (Å²) in [6, 6.07) is 0. The monoisotopic (exact) mass is 264 g/mol. The molecule has 1 aliphatic carbocycles. The van der Waals surface area contributed by atoms with Gasteiger partial charge in [0.15, 0.2) is 5.82 Å². The van der Waals surface area contributed by atoms with E-state index in [1.165, 1.54) is 0 Å². The summed E-state index contributed by atoms with van der Waals surface area (Å²) in [6.45, 7) is 5.00. The van der Waals surface area contributed by atoms with Crippen LogP contribution in [0.25, 0.3) is 0 Å². The molecular formula is C14H24N4O. The van der Waals surface area contributed by atoms with Crippen molar-refractivity contribution in [3.63, 3.8) is 0 Å². The van der Waals surface area contributed by atoms with Crippen LogP contribution in [0.2, 0.25) is 0 Å². The van der Waals surface area contributed by atoms with E-state index in [2.05, 4.69) is 10.2 Å². The van der Waals surface area contributed by atoms with Crippen LogP contribution in [0.5, 0.6) is 0 Å². The maximum Gasteiger partial charge on any atom is 0.155 e. The molecule has 0 bridgehead atoms. The Kier molecular flexibility index (Phi) is 4.06. The molecule has 0 atom stereocenters. The summed E-state index contributed by atoms with van der Waals surface area (Å²) in [5, 5.41) is 18.9. The van der Waals surface area contributed by atoms with Gasteiger partial charge in [-0.05, 0) is 32.3 Å². The maximum atomic E-state index is 10.5. The molecule has 0 spiro atoms. The molecule has 5 heteroatoms. The van der Waals surface area contributed by atoms with E-state index < -0.39 is 5.60 Å². The highest BCUT2D eigenvalue weighted by molar-refractivity contribution is 5.50. The van der Waals surface area contributed by atoms with Crippen molar-refractivity contribution in [1.29, 1.82) is 0 Å². The van der Waals surface area contributed by atoms with Gasteiger partial charge in [0.25, 0.3) is 0 Å². The smallest absolute Gasteiger partial charge is 0.155 e. The van der Waals surface area contributed by atoms with Gasteiger partial charge in [0.05, 0.1) is 11.3 Å². The topological polar surface area (TPSA) is 75.3 Å². The lowest BCUT2D eigenvalue weighted by Crippen LogP contribution is -2.40. The molecular weight excluding hydrogens is 240 g/mol. The quantitative estimate of drug-likeness (QED) is 0.857. The van der Waals surface area contributed by atoms with E-state index in [1.807, 2.05) is 25.8 Å². The lowest BCUT2D eigenvalue weighted by atomic mass is 10.0. The summed E-state index contributed by atoms with van der Waals surface area (Å²) < 4.78 is 0. The predicted molar refractivity (Wildman–Crippen MR) is 76.1 cm³/mol. The Morgan fingerprint density at radius 2 is 1.89 bits per heavy atom. The molecule has 19 heavy (non-hydrogen) atoms. The SMILES string of the molecule is Cc1nnc(N(C)CC2(O)CCCC2)c(CN)c1C. The third-order valence-electron chi connectivity index (χ3n) is 4.19. The number of aryl methyl sites for hydroxylation is 1. The minimum atomic E-state index is -0.582. The molecule has 1 aliphatic rings. The fraction of sp³-hybridized carbons (Fsp3) is 0.714. The van der Waals surface area contributed by atoms with Crippen LogP contribution >= 0.6 is 0 Å². The number of aromatic nitrogens is 2. The Hall–Kier alpha value is -1.20. The third-order valence-corrected chi connectivity index (χ3v) is 4.19. The zero-order valence-corrected chi connectivity index (χ0v) is 12.1. The van der Waals surface area contributed by atoms with E-state index in [1.54, 1.807) is 0 Å². The van der Waals surface area contributed by atoms with Crippen molar-refractivity contribution in [3.05, 3.63) is 16.8 Å². The van der Waals surface area contributed by atoms with Gasteiger partial charge < -0.3 is 15.7 Å². The van der Waals surface area contributed by atoms with E-state index in [0.717, 1.165) is 48.3 Å². The Morgan fingerprint density at radius 1 is 1.26 bits per heavy atom. The fourth-order valence-electron chi connectivity index (χ4n) is 2.90. The van der Waals surface area contributed by atoms with E-state index in [4.69, 9.17) is 5.73 Å². The normalized spacial score (nSPS) is 17.7. The molecule has 0 aliphatic heterocycles. The summed E-state index contributed by atoms with van der Waals surface area (Å²) in [6.07, 6.45) is 3.94. The molecule has 0 saturated heterocycles. The van der Waals surface area contributed by atoms with Crippen molar-refractivity contribution in [3.8, 4) is 0 Å². The molecule has 1 saturated carbocycles. The first kappa shape index (κ1) is 14.2. The Balaban J connectivity index is 2.23. The molecule has 0 aromatic carbocycles. The summed E-state index contributed by atoms with van der Waals surface area (Å²) in [7, 11) is 1.95. The lowest BCUT2D eigenvalue weighted by Gasteiger charge is -2.30. The van der Waals surface area contributed by atoms with Crippen molar-refractivity contribution in [2.24, 2.45) is 5.73 Å². The molecule has 1 aromatic rings. The van der Waals surface area contributed by atoms with Gasteiger partial charge in [0.2, 0.25) is 0 Å². The van der Waals surface area contributed by atoms with E-state index in [0.29, 0.717) is 13.1 Å². The molecule has 0 unspecified atom stereocenters. The number of aliphatic hydroxyl groups is 1. The summed E-state index contributed by atoms with van der Waals surface area (Å²) in [5.74, 6) is 0.797. The Morgan fingerprint density at radius 3 is 2.47 bits per heavy atom. The third kappa shape index (κ3) is 2.87. The second-order valence-corrected chi connectivity index (χ2v) is 5.70. The maximum absolute atomic E-state index is 10.5. The molecule has 1 fully saturated rings. The Bertz CT molecular complexity index is 455. The Labute approximate surface area is 114 Å². The average Bonchev–Trinajstić information content (AvgIpc) is 2.78. The van der Waals surface area contributed by atoms with Crippen molar-refractivity contribution in [2.45, 2.75) is 51.7 Å². The first-order valence-electron chi connectivity index (χ1n) is 6.93. The van der Waals surface area contributed by atoms with Gasteiger partial charge in [-0.1, -0.05) is 12.8 Å². The van der Waals surface area contributed by atoms with Gasteiger partial charge in [-0.2, -0.15) is 5.10 Å². The van der Waals surface area contributed by atoms with Crippen LogP contribution in [-0.4, -0.2) is 34.5 Å². The molecule has 0 amide bonds. The molecule has 2 rings (SSSR count). The number of anilines is 1. The lowest BCUT2D eigenvalue weighted by molar-refractivity contribution is 0.0557. The van der Waals surface area contributed by atoms with E-state index in [-0.39, 0.29) is 0 Å². The van der Waals surface area contributed by atoms with Crippen LogP contribution in [0.4, 0.5) is 5.82 Å². The molecule has 3 N–H and O–H groups in total. The van der Waals surface area contributed by atoms with Gasteiger partial charge in [-0.3, -0.25) is 0 Å². The first-order valence-corrected chi connectivity index (χ1v) is 6.93. The fourth-order valence-corrected chi connectivity index (χ4v) is 2.90. The van der Waals surface area contributed by atoms with Gasteiger partial charge in [-0.15, -0.1) is 5.10 Å². The molecule has 5 nitrogen and oxygen atoms in total. The molecule has 0 radical (unpaired) electrons. The molecule has 1 heterocycles. The standard InChI is InChI=1S/C14H24N4O/c1-10-11(2)16-17-13(12(10)8-15)18(3)9-14(19)6-4-5-7-14/h19H,4-9,15H2,1-3H3. The van der Waals surface area contributed by atoms with Crippen LogP contribution in [0, 0.1) is 13.8 Å². The van der Waals surface area contributed by atoms with Crippen molar-refractivity contribution in [1.82, 2.24) is 10.2 Å². The first-order chi connectivity index (χ1) is 8.97.